The Labute approximate surface area is 209 Å². The number of ketones is 1. The van der Waals surface area contributed by atoms with Crippen molar-refractivity contribution in [1.29, 1.82) is 0 Å². The Balaban J connectivity index is 0.000000191. The number of ether oxygens (including phenoxy) is 1. The van der Waals surface area contributed by atoms with Crippen molar-refractivity contribution >= 4 is 18.0 Å². The van der Waals surface area contributed by atoms with Crippen LogP contribution >= 0.6 is 0 Å². The summed E-state index contributed by atoms with van der Waals surface area (Å²) in [5.74, 6) is 1.80. The van der Waals surface area contributed by atoms with Gasteiger partial charge < -0.3 is 14.9 Å². The molecular weight excluding hydrogens is 446 g/mol. The van der Waals surface area contributed by atoms with Gasteiger partial charge in [0.15, 0.2) is 0 Å². The Bertz CT molecular complexity index is 898. The number of carbonyl (C=O) groups excluding carboxylic acids is 2. The molecule has 5 fully saturated rings. The number of alkyl carbamates (subject to hydrolysis) is 1. The summed E-state index contributed by atoms with van der Waals surface area (Å²) in [7, 11) is 0. The molecule has 2 spiro atoms. The first-order valence-electron chi connectivity index (χ1n) is 13.4. The molecule has 2 amide bonds. The molecule has 0 radical (unpaired) electrons. The van der Waals surface area contributed by atoms with Crippen molar-refractivity contribution < 1.29 is 29.3 Å². The molecule has 0 heterocycles. The molecular formula is C28H43NO6. The van der Waals surface area contributed by atoms with Crippen molar-refractivity contribution in [2.24, 2.45) is 39.4 Å². The van der Waals surface area contributed by atoms with Gasteiger partial charge in [-0.25, -0.2) is 14.9 Å². The quantitative estimate of drug-likeness (QED) is 0.429. The number of hydrogen-bond acceptors (Lipinski definition) is 5. The molecule has 8 atom stereocenters. The van der Waals surface area contributed by atoms with Crippen LogP contribution in [0, 0.1) is 39.4 Å². The topological polar surface area (TPSA) is 113 Å². The van der Waals surface area contributed by atoms with E-state index >= 15 is 0 Å². The number of Topliss-reactive ketones (excluding diaryl/α,β-unsaturated/α-hetero) is 1. The normalized spacial score (nSPS) is 46.1. The standard InChI is InChI=1S/C20H30O2.C8H13NO4/c1-6-17(4)9-10-18(5)13(3)20-11-19(16(18)20,8-7-14(20)21)12(2)15(17)22;10-7(11)9-8(12)13-6-4-2-1-3-5-6/h6,12-13,15-16,22H,1,7-11H2,2-5H3;6H,1-5H2,(H,9,12)(H,10,11)/t12-,13?,15?,16?,17+,18+,19?,20?;/m0./s1. The molecule has 35 heavy (non-hydrogen) atoms. The highest BCUT2D eigenvalue weighted by Gasteiger charge is 2.85. The second kappa shape index (κ2) is 8.89. The zero-order valence-corrected chi connectivity index (χ0v) is 21.8. The van der Waals surface area contributed by atoms with Crippen molar-refractivity contribution in [1.82, 2.24) is 5.32 Å². The largest absolute Gasteiger partial charge is 0.465 e. The highest BCUT2D eigenvalue weighted by atomic mass is 16.6. The average Bonchev–Trinajstić information content (AvgIpc) is 2.81. The maximum absolute atomic E-state index is 12.7. The van der Waals surface area contributed by atoms with Gasteiger partial charge in [-0.15, -0.1) is 6.58 Å². The van der Waals surface area contributed by atoms with Gasteiger partial charge in [0.2, 0.25) is 0 Å². The van der Waals surface area contributed by atoms with E-state index in [-0.39, 0.29) is 39.8 Å². The minimum Gasteiger partial charge on any atom is -0.465 e. The van der Waals surface area contributed by atoms with E-state index in [1.807, 2.05) is 6.08 Å². The van der Waals surface area contributed by atoms with Gasteiger partial charge in [0.05, 0.1) is 6.10 Å². The second-order valence-corrected chi connectivity index (χ2v) is 12.6. The first-order valence-corrected chi connectivity index (χ1v) is 13.4. The molecule has 5 aliphatic carbocycles. The molecule has 3 N–H and O–H groups in total. The monoisotopic (exact) mass is 489 g/mol. The third-order valence-corrected chi connectivity index (χ3v) is 11.2. The summed E-state index contributed by atoms with van der Waals surface area (Å²) in [6.07, 6.45) is 9.11. The fourth-order valence-corrected chi connectivity index (χ4v) is 9.09. The lowest BCUT2D eigenvalue weighted by atomic mass is 9.18. The lowest BCUT2D eigenvalue weighted by Gasteiger charge is -2.85. The van der Waals surface area contributed by atoms with Crippen LogP contribution < -0.4 is 5.32 Å². The zero-order valence-electron chi connectivity index (χ0n) is 21.8. The van der Waals surface area contributed by atoms with E-state index in [1.54, 1.807) is 5.32 Å². The summed E-state index contributed by atoms with van der Waals surface area (Å²) in [4.78, 5) is 33.5. The number of amides is 2. The van der Waals surface area contributed by atoms with E-state index in [4.69, 9.17) is 9.84 Å². The second-order valence-electron chi connectivity index (χ2n) is 12.6. The van der Waals surface area contributed by atoms with Gasteiger partial charge >= 0.3 is 12.2 Å². The number of carbonyl (C=O) groups is 3. The Morgan fingerprint density at radius 2 is 1.77 bits per heavy atom. The van der Waals surface area contributed by atoms with E-state index in [2.05, 4.69) is 34.3 Å². The van der Waals surface area contributed by atoms with E-state index in [9.17, 15) is 19.5 Å². The average molecular weight is 490 g/mol. The minimum atomic E-state index is -1.37. The van der Waals surface area contributed by atoms with Gasteiger partial charge in [-0.3, -0.25) is 4.79 Å². The third kappa shape index (κ3) is 3.75. The summed E-state index contributed by atoms with van der Waals surface area (Å²) in [5.41, 5.74) is 0.242. The molecule has 196 valence electrons. The number of aliphatic hydroxyl groups excluding tert-OH is 1. The highest BCUT2D eigenvalue weighted by molar-refractivity contribution is 5.90. The molecule has 0 aliphatic heterocycles. The zero-order chi connectivity index (χ0) is 25.8. The summed E-state index contributed by atoms with van der Waals surface area (Å²) in [6.45, 7) is 13.2. The van der Waals surface area contributed by atoms with E-state index in [0.29, 0.717) is 17.6 Å². The van der Waals surface area contributed by atoms with Gasteiger partial charge in [0.25, 0.3) is 0 Å². The Kier molecular flexibility index (Phi) is 6.65. The molecule has 7 heteroatoms. The van der Waals surface area contributed by atoms with Crippen LogP contribution in [-0.4, -0.2) is 40.4 Å². The SMILES string of the molecule is C=C[C@]1(C)CC[C@]2(C)C(C)C34CC(CCC3=O)(C42)[C@@H](C)C1O.O=C(O)NC(=O)OC1CCCCC1. The number of hydrogen-bond donors (Lipinski definition) is 3. The molecule has 5 unspecified atom stereocenters. The van der Waals surface area contributed by atoms with Crippen LogP contribution in [0.15, 0.2) is 12.7 Å². The molecule has 0 aromatic carbocycles. The molecule has 5 rings (SSSR count). The number of carboxylic acid groups (broad SMARTS) is 1. The molecule has 5 aliphatic rings. The summed E-state index contributed by atoms with van der Waals surface area (Å²) < 4.78 is 4.87. The van der Waals surface area contributed by atoms with Gasteiger partial charge in [-0.1, -0.05) is 40.2 Å². The van der Waals surface area contributed by atoms with Crippen LogP contribution in [0.25, 0.3) is 0 Å². The molecule has 0 aromatic rings. The summed E-state index contributed by atoms with van der Waals surface area (Å²) in [6, 6.07) is 0. The van der Waals surface area contributed by atoms with Crippen LogP contribution in [0.5, 0.6) is 0 Å². The Morgan fingerprint density at radius 1 is 1.11 bits per heavy atom. The Morgan fingerprint density at radius 3 is 2.37 bits per heavy atom. The fraction of sp³-hybridized carbons (Fsp3) is 0.821. The number of aliphatic hydroxyl groups is 1. The number of rotatable bonds is 2. The van der Waals surface area contributed by atoms with E-state index in [1.165, 1.54) is 6.42 Å². The predicted molar refractivity (Wildman–Crippen MR) is 132 cm³/mol. The maximum atomic E-state index is 12.7. The van der Waals surface area contributed by atoms with Crippen LogP contribution in [0.4, 0.5) is 9.59 Å². The minimum absolute atomic E-state index is 0.0249. The molecule has 7 nitrogen and oxygen atoms in total. The number of imide groups is 1. The first-order chi connectivity index (χ1) is 16.4. The third-order valence-electron chi connectivity index (χ3n) is 11.2. The molecule has 5 saturated carbocycles. The van der Waals surface area contributed by atoms with E-state index < -0.39 is 12.2 Å². The lowest BCUT2D eigenvalue weighted by molar-refractivity contribution is -0.359. The lowest BCUT2D eigenvalue weighted by Crippen LogP contribution is -2.83. The van der Waals surface area contributed by atoms with Crippen molar-refractivity contribution in [3.8, 4) is 0 Å². The number of nitrogens with one attached hydrogen (secondary N) is 1. The first kappa shape index (κ1) is 26.2. The molecule has 2 bridgehead atoms. The van der Waals surface area contributed by atoms with Gasteiger partial charge in [0, 0.05) is 17.3 Å². The van der Waals surface area contributed by atoms with Crippen molar-refractivity contribution in [2.75, 3.05) is 0 Å². The van der Waals surface area contributed by atoms with Gasteiger partial charge in [0.1, 0.15) is 11.9 Å². The fourth-order valence-electron chi connectivity index (χ4n) is 9.09. The van der Waals surface area contributed by atoms with Gasteiger partial charge in [-0.05, 0) is 80.0 Å². The highest BCUT2D eigenvalue weighted by Crippen LogP contribution is 2.87. The van der Waals surface area contributed by atoms with Crippen LogP contribution in [-0.2, 0) is 9.53 Å². The van der Waals surface area contributed by atoms with Crippen LogP contribution in [0.2, 0.25) is 0 Å². The molecule has 0 saturated heterocycles. The van der Waals surface area contributed by atoms with Crippen LogP contribution in [0.1, 0.15) is 91.9 Å². The van der Waals surface area contributed by atoms with Crippen molar-refractivity contribution in [3.63, 3.8) is 0 Å². The van der Waals surface area contributed by atoms with Crippen molar-refractivity contribution in [2.45, 2.75) is 104 Å². The summed E-state index contributed by atoms with van der Waals surface area (Å²) in [5, 5.41) is 20.9. The Hall–Kier alpha value is -1.89. The maximum Gasteiger partial charge on any atom is 0.416 e. The van der Waals surface area contributed by atoms with E-state index in [0.717, 1.165) is 57.8 Å². The van der Waals surface area contributed by atoms with Crippen LogP contribution in [0.3, 0.4) is 0 Å². The van der Waals surface area contributed by atoms with Gasteiger partial charge in [-0.2, -0.15) is 0 Å². The van der Waals surface area contributed by atoms with Crippen molar-refractivity contribution in [3.05, 3.63) is 12.7 Å². The molecule has 0 aromatic heterocycles. The summed E-state index contributed by atoms with van der Waals surface area (Å²) >= 11 is 0. The predicted octanol–water partition coefficient (Wildman–Crippen LogP) is 5.70. The smallest absolute Gasteiger partial charge is 0.416 e.